The number of amides is 1. The fraction of sp³-hybridized carbons (Fsp3) is 0.211. The third-order valence-electron chi connectivity index (χ3n) is 4.16. The minimum Gasteiger partial charge on any atom is -0.478 e. The quantitative estimate of drug-likeness (QED) is 0.641. The number of hydrogen-bond donors (Lipinski definition) is 2. The van der Waals surface area contributed by atoms with Gasteiger partial charge in [0.25, 0.3) is 5.91 Å². The summed E-state index contributed by atoms with van der Waals surface area (Å²) < 4.78 is 5.68. The van der Waals surface area contributed by atoms with Gasteiger partial charge in [0.15, 0.2) is 0 Å². The summed E-state index contributed by atoms with van der Waals surface area (Å²) in [6.45, 7) is 2.15. The van der Waals surface area contributed by atoms with Crippen molar-refractivity contribution in [3.63, 3.8) is 0 Å². The number of benzene rings is 1. The van der Waals surface area contributed by atoms with Gasteiger partial charge in [0.2, 0.25) is 0 Å². The third kappa shape index (κ3) is 3.78. The largest absolute Gasteiger partial charge is 0.478 e. The Balaban J connectivity index is 1.71. The van der Waals surface area contributed by atoms with E-state index in [1.54, 1.807) is 6.07 Å². The average Bonchev–Trinajstić information content (AvgIpc) is 3.14. The normalized spacial score (nSPS) is 19.1. The molecule has 2 aromatic rings. The molecule has 1 aliphatic rings. The maximum atomic E-state index is 12.2. The molecular weight excluding hydrogens is 320 g/mol. The van der Waals surface area contributed by atoms with Crippen LogP contribution in [0.25, 0.3) is 6.08 Å². The number of carbonyl (C=O) groups is 2. The maximum absolute atomic E-state index is 12.2. The number of hydrogen-bond acceptors (Lipinski definition) is 4. The first-order chi connectivity index (χ1) is 12.0. The van der Waals surface area contributed by atoms with Crippen molar-refractivity contribution >= 4 is 23.6 Å². The van der Waals surface area contributed by atoms with Crippen LogP contribution in [0.15, 0.2) is 46.4 Å². The van der Waals surface area contributed by atoms with Crippen LogP contribution in [0.4, 0.5) is 5.69 Å². The molecule has 1 aromatic carbocycles. The predicted molar refractivity (Wildman–Crippen MR) is 90.9 cm³/mol. The average molecular weight is 336 g/mol. The molecule has 0 bridgehead atoms. The molecule has 2 N–H and O–H groups in total. The Morgan fingerprint density at radius 3 is 2.52 bits per heavy atom. The van der Waals surface area contributed by atoms with Crippen molar-refractivity contribution in [2.75, 3.05) is 5.32 Å². The summed E-state index contributed by atoms with van der Waals surface area (Å²) in [5.41, 5.74) is 0.432. The Hall–Kier alpha value is -3.33. The van der Waals surface area contributed by atoms with Gasteiger partial charge in [0.05, 0.1) is 5.56 Å². The summed E-state index contributed by atoms with van der Waals surface area (Å²) >= 11 is 0. The fourth-order valence-corrected chi connectivity index (χ4v) is 2.55. The molecule has 1 amide bonds. The second kappa shape index (κ2) is 6.65. The van der Waals surface area contributed by atoms with Gasteiger partial charge in [-0.2, -0.15) is 5.26 Å². The van der Waals surface area contributed by atoms with Crippen LogP contribution in [0.3, 0.4) is 0 Å². The van der Waals surface area contributed by atoms with Crippen LogP contribution in [0.2, 0.25) is 0 Å². The number of rotatable bonds is 5. The molecule has 6 heteroatoms. The predicted octanol–water partition coefficient (Wildman–Crippen LogP) is 3.65. The molecule has 25 heavy (non-hydrogen) atoms. The van der Waals surface area contributed by atoms with Crippen molar-refractivity contribution in [3.8, 4) is 6.07 Å². The summed E-state index contributed by atoms with van der Waals surface area (Å²) in [5, 5.41) is 20.6. The van der Waals surface area contributed by atoms with Gasteiger partial charge in [-0.3, -0.25) is 4.79 Å². The first kappa shape index (κ1) is 16.5. The van der Waals surface area contributed by atoms with E-state index in [2.05, 4.69) is 12.2 Å². The zero-order chi connectivity index (χ0) is 18.0. The SMILES string of the molecule is CC1CC1c1ccc(C=C(C#N)C(=O)Nc2ccc(C(=O)O)cc2)o1. The van der Waals surface area contributed by atoms with Crippen LogP contribution in [-0.2, 0) is 4.79 Å². The number of nitriles is 1. The van der Waals surface area contributed by atoms with Gasteiger partial charge in [0, 0.05) is 17.7 Å². The van der Waals surface area contributed by atoms with Crippen LogP contribution < -0.4 is 5.32 Å². The van der Waals surface area contributed by atoms with E-state index < -0.39 is 11.9 Å². The molecule has 1 aromatic heterocycles. The van der Waals surface area contributed by atoms with E-state index in [0.29, 0.717) is 23.3 Å². The molecule has 2 atom stereocenters. The second-order valence-corrected chi connectivity index (χ2v) is 6.07. The Morgan fingerprint density at radius 1 is 1.28 bits per heavy atom. The minimum atomic E-state index is -1.05. The zero-order valence-corrected chi connectivity index (χ0v) is 13.5. The number of carboxylic acids is 1. The van der Waals surface area contributed by atoms with Crippen molar-refractivity contribution in [1.82, 2.24) is 0 Å². The van der Waals surface area contributed by atoms with Crippen LogP contribution >= 0.6 is 0 Å². The Labute approximate surface area is 144 Å². The van der Waals surface area contributed by atoms with E-state index in [1.165, 1.54) is 30.3 Å². The standard InChI is InChI=1S/C19H16N2O4/c1-11-8-16(11)17-7-6-15(25-17)9-13(10-20)18(22)21-14-4-2-12(3-5-14)19(23)24/h2-7,9,11,16H,8H2,1H3,(H,21,22)(H,23,24). The summed E-state index contributed by atoms with van der Waals surface area (Å²) in [6.07, 6.45) is 2.49. The van der Waals surface area contributed by atoms with E-state index >= 15 is 0 Å². The number of furan rings is 1. The van der Waals surface area contributed by atoms with Gasteiger partial charge in [-0.15, -0.1) is 0 Å². The third-order valence-corrected chi connectivity index (χ3v) is 4.16. The van der Waals surface area contributed by atoms with Crippen LogP contribution in [0.5, 0.6) is 0 Å². The fourth-order valence-electron chi connectivity index (χ4n) is 2.55. The molecule has 1 saturated carbocycles. The summed E-state index contributed by atoms with van der Waals surface area (Å²) in [4.78, 5) is 23.0. The highest BCUT2D eigenvalue weighted by molar-refractivity contribution is 6.09. The molecule has 1 aliphatic carbocycles. The molecule has 1 heterocycles. The van der Waals surface area contributed by atoms with E-state index in [4.69, 9.17) is 9.52 Å². The zero-order valence-electron chi connectivity index (χ0n) is 13.5. The number of nitrogens with zero attached hydrogens (tertiary/aromatic N) is 1. The van der Waals surface area contributed by atoms with E-state index in [0.717, 1.165) is 12.2 Å². The molecular formula is C19H16N2O4. The monoisotopic (exact) mass is 336 g/mol. The summed E-state index contributed by atoms with van der Waals surface area (Å²) in [7, 11) is 0. The lowest BCUT2D eigenvalue weighted by Crippen LogP contribution is -2.13. The Kier molecular flexibility index (Phi) is 4.40. The van der Waals surface area contributed by atoms with E-state index in [-0.39, 0.29) is 11.1 Å². The van der Waals surface area contributed by atoms with Gasteiger partial charge < -0.3 is 14.8 Å². The van der Waals surface area contributed by atoms with Gasteiger partial charge in [-0.25, -0.2) is 4.79 Å². The van der Waals surface area contributed by atoms with Gasteiger partial charge in [0.1, 0.15) is 23.2 Å². The van der Waals surface area contributed by atoms with Crippen molar-refractivity contribution in [3.05, 3.63) is 59.1 Å². The van der Waals surface area contributed by atoms with Gasteiger partial charge >= 0.3 is 5.97 Å². The smallest absolute Gasteiger partial charge is 0.335 e. The van der Waals surface area contributed by atoms with Crippen LogP contribution in [-0.4, -0.2) is 17.0 Å². The van der Waals surface area contributed by atoms with E-state index in [1.807, 2.05) is 12.1 Å². The lowest BCUT2D eigenvalue weighted by Gasteiger charge is -2.04. The van der Waals surface area contributed by atoms with Gasteiger partial charge in [-0.05, 0) is 48.7 Å². The molecule has 0 radical (unpaired) electrons. The topological polar surface area (TPSA) is 103 Å². The van der Waals surface area contributed by atoms with Crippen LogP contribution in [0, 0.1) is 17.2 Å². The van der Waals surface area contributed by atoms with Crippen LogP contribution in [0.1, 0.15) is 41.1 Å². The highest BCUT2D eigenvalue weighted by atomic mass is 16.4. The lowest BCUT2D eigenvalue weighted by molar-refractivity contribution is -0.112. The minimum absolute atomic E-state index is 0.0907. The Bertz CT molecular complexity index is 887. The Morgan fingerprint density at radius 2 is 1.96 bits per heavy atom. The van der Waals surface area contributed by atoms with Crippen molar-refractivity contribution in [2.24, 2.45) is 5.92 Å². The summed E-state index contributed by atoms with van der Waals surface area (Å²) in [6, 6.07) is 11.2. The van der Waals surface area contributed by atoms with Crippen molar-refractivity contribution < 1.29 is 19.1 Å². The number of aromatic carboxylic acids is 1. The molecule has 3 rings (SSSR count). The molecule has 0 spiro atoms. The second-order valence-electron chi connectivity index (χ2n) is 6.07. The molecule has 0 saturated heterocycles. The number of carboxylic acid groups (broad SMARTS) is 1. The summed E-state index contributed by atoms with van der Waals surface area (Å²) in [5.74, 6) is 0.741. The molecule has 126 valence electrons. The number of carbonyl (C=O) groups excluding carboxylic acids is 1. The molecule has 2 unspecified atom stereocenters. The van der Waals surface area contributed by atoms with Crippen molar-refractivity contribution in [1.29, 1.82) is 5.26 Å². The van der Waals surface area contributed by atoms with E-state index in [9.17, 15) is 14.9 Å². The highest BCUT2D eigenvalue weighted by Crippen LogP contribution is 2.47. The number of anilines is 1. The molecule has 0 aliphatic heterocycles. The first-order valence-corrected chi connectivity index (χ1v) is 7.84. The molecule has 1 fully saturated rings. The number of nitrogens with one attached hydrogen (secondary N) is 1. The molecule has 6 nitrogen and oxygen atoms in total. The van der Waals surface area contributed by atoms with Crippen molar-refractivity contribution in [2.45, 2.75) is 19.3 Å². The first-order valence-electron chi connectivity index (χ1n) is 7.84. The maximum Gasteiger partial charge on any atom is 0.335 e. The lowest BCUT2D eigenvalue weighted by atomic mass is 10.2. The highest BCUT2D eigenvalue weighted by Gasteiger charge is 2.36. The van der Waals surface area contributed by atoms with Gasteiger partial charge in [-0.1, -0.05) is 6.92 Å².